The minimum atomic E-state index is -0.874. The first kappa shape index (κ1) is 18.0. The first-order chi connectivity index (χ1) is 10.6. The number of rotatable bonds is 4. The van der Waals surface area contributed by atoms with E-state index in [1.54, 1.807) is 0 Å². The van der Waals surface area contributed by atoms with Gasteiger partial charge in [0.15, 0.2) is 5.78 Å². The average Bonchev–Trinajstić information content (AvgIpc) is 2.44. The van der Waals surface area contributed by atoms with E-state index in [1.807, 2.05) is 13.0 Å². The Balaban J connectivity index is 2.29. The maximum atomic E-state index is 12.2. The van der Waals surface area contributed by atoms with Crippen LogP contribution in [0, 0.1) is 22.7 Å². The molecule has 4 atom stereocenters. The molecule has 0 heterocycles. The van der Waals surface area contributed by atoms with Crippen LogP contribution in [0.15, 0.2) is 23.3 Å². The molecule has 0 amide bonds. The first-order valence-electron chi connectivity index (χ1n) is 8.71. The minimum absolute atomic E-state index is 0.0752. The van der Waals surface area contributed by atoms with Crippen LogP contribution in [-0.4, -0.2) is 16.9 Å². The number of hydrogen-bond donors (Lipinski definition) is 1. The first-order valence-corrected chi connectivity index (χ1v) is 8.71. The molecule has 2 rings (SSSR count). The fourth-order valence-electron chi connectivity index (χ4n) is 4.86. The zero-order chi connectivity index (χ0) is 17.4. The molecule has 1 fully saturated rings. The summed E-state index contributed by atoms with van der Waals surface area (Å²) in [7, 11) is 0. The van der Waals surface area contributed by atoms with E-state index in [4.69, 9.17) is 5.11 Å². The van der Waals surface area contributed by atoms with Crippen molar-refractivity contribution in [3.05, 3.63) is 23.3 Å². The number of hydrogen-bond acceptors (Lipinski definition) is 2. The summed E-state index contributed by atoms with van der Waals surface area (Å²) in [5.41, 5.74) is 2.33. The third kappa shape index (κ3) is 3.29. The van der Waals surface area contributed by atoms with Crippen molar-refractivity contribution >= 4 is 11.8 Å². The smallest absolute Gasteiger partial charge is 0.328 e. The van der Waals surface area contributed by atoms with E-state index in [9.17, 15) is 9.59 Å². The normalized spacial score (nSPS) is 38.0. The molecular formula is C20H30O3. The van der Waals surface area contributed by atoms with Gasteiger partial charge < -0.3 is 5.11 Å². The van der Waals surface area contributed by atoms with E-state index >= 15 is 0 Å². The Bertz CT molecular complexity index is 571. The lowest BCUT2D eigenvalue weighted by molar-refractivity contribution is -0.131. The van der Waals surface area contributed by atoms with Gasteiger partial charge in [-0.05, 0) is 68.3 Å². The third-order valence-electron chi connectivity index (χ3n) is 6.90. The SMILES string of the molecule is CC(=CC(=O)O)CC[C@]1(C)[C@@H](C)CC[C@]2(C)C(C)=CC(=O)C[C@@H]12. The fourth-order valence-corrected chi connectivity index (χ4v) is 4.86. The zero-order valence-corrected chi connectivity index (χ0v) is 15.1. The van der Waals surface area contributed by atoms with E-state index in [0.717, 1.165) is 24.8 Å². The summed E-state index contributed by atoms with van der Waals surface area (Å²) in [6.45, 7) is 10.9. The molecule has 0 aromatic carbocycles. The van der Waals surface area contributed by atoms with Gasteiger partial charge in [-0.1, -0.05) is 31.9 Å². The van der Waals surface area contributed by atoms with Crippen molar-refractivity contribution in [2.24, 2.45) is 22.7 Å². The molecule has 0 aromatic heterocycles. The molecule has 23 heavy (non-hydrogen) atoms. The number of ketones is 1. The summed E-state index contributed by atoms with van der Waals surface area (Å²) in [5, 5.41) is 8.91. The Morgan fingerprint density at radius 3 is 2.70 bits per heavy atom. The minimum Gasteiger partial charge on any atom is -0.478 e. The Morgan fingerprint density at radius 2 is 2.09 bits per heavy atom. The number of carboxylic acids is 1. The second-order valence-electron chi connectivity index (χ2n) is 8.24. The van der Waals surface area contributed by atoms with Gasteiger partial charge in [-0.3, -0.25) is 4.79 Å². The van der Waals surface area contributed by atoms with Gasteiger partial charge in [0.05, 0.1) is 0 Å². The molecule has 3 nitrogen and oxygen atoms in total. The van der Waals surface area contributed by atoms with Crippen molar-refractivity contribution in [3.63, 3.8) is 0 Å². The molecule has 1 saturated carbocycles. The van der Waals surface area contributed by atoms with Gasteiger partial charge in [0, 0.05) is 12.5 Å². The van der Waals surface area contributed by atoms with Crippen LogP contribution in [0.4, 0.5) is 0 Å². The molecule has 0 spiro atoms. The quantitative estimate of drug-likeness (QED) is 0.759. The van der Waals surface area contributed by atoms with Gasteiger partial charge in [-0.25, -0.2) is 4.79 Å². The van der Waals surface area contributed by atoms with Crippen molar-refractivity contribution in [1.29, 1.82) is 0 Å². The standard InChI is InChI=1S/C20H30O3/c1-13(10-18(22)23)6-8-19(4)14(2)7-9-20(5)15(3)11-16(21)12-17(19)20/h10-11,14,17H,6-9,12H2,1-5H3,(H,22,23)/t14-,17-,19+,20+/m0/s1. The number of carboxylic acid groups (broad SMARTS) is 1. The van der Waals surface area contributed by atoms with Crippen LogP contribution < -0.4 is 0 Å². The highest BCUT2D eigenvalue weighted by atomic mass is 16.4. The van der Waals surface area contributed by atoms with Gasteiger partial charge in [0.2, 0.25) is 0 Å². The van der Waals surface area contributed by atoms with Gasteiger partial charge in [-0.15, -0.1) is 0 Å². The van der Waals surface area contributed by atoms with Crippen LogP contribution in [0.5, 0.6) is 0 Å². The zero-order valence-electron chi connectivity index (χ0n) is 15.1. The maximum Gasteiger partial charge on any atom is 0.328 e. The average molecular weight is 318 g/mol. The molecule has 0 bridgehead atoms. The molecule has 2 aliphatic rings. The Hall–Kier alpha value is -1.38. The molecule has 1 N–H and O–H groups in total. The van der Waals surface area contributed by atoms with Crippen molar-refractivity contribution < 1.29 is 14.7 Å². The lowest BCUT2D eigenvalue weighted by atomic mass is 9.47. The molecule has 128 valence electrons. The summed E-state index contributed by atoms with van der Waals surface area (Å²) in [4.78, 5) is 23.0. The molecule has 0 aromatic rings. The van der Waals surface area contributed by atoms with E-state index < -0.39 is 5.97 Å². The van der Waals surface area contributed by atoms with Crippen LogP contribution in [-0.2, 0) is 9.59 Å². The second-order valence-corrected chi connectivity index (χ2v) is 8.24. The lowest BCUT2D eigenvalue weighted by Crippen LogP contribution is -2.50. The number of carbonyl (C=O) groups is 2. The van der Waals surface area contributed by atoms with Gasteiger partial charge in [-0.2, -0.15) is 0 Å². The molecule has 3 heteroatoms. The highest BCUT2D eigenvalue weighted by molar-refractivity contribution is 5.92. The van der Waals surface area contributed by atoms with Crippen LogP contribution in [0.2, 0.25) is 0 Å². The number of allylic oxidation sites excluding steroid dienone is 3. The predicted octanol–water partition coefficient (Wildman–Crippen LogP) is 4.78. The Kier molecular flexibility index (Phi) is 4.89. The predicted molar refractivity (Wildman–Crippen MR) is 92.1 cm³/mol. The van der Waals surface area contributed by atoms with Gasteiger partial charge in [0.25, 0.3) is 0 Å². The highest BCUT2D eigenvalue weighted by Crippen LogP contribution is 2.61. The topological polar surface area (TPSA) is 54.4 Å². The maximum absolute atomic E-state index is 12.2. The summed E-state index contributed by atoms with van der Waals surface area (Å²) >= 11 is 0. The lowest BCUT2D eigenvalue weighted by Gasteiger charge is -2.57. The molecule has 0 unspecified atom stereocenters. The largest absolute Gasteiger partial charge is 0.478 e. The Labute approximate surface area is 139 Å². The molecule has 2 aliphatic carbocycles. The van der Waals surface area contributed by atoms with Crippen molar-refractivity contribution in [3.8, 4) is 0 Å². The summed E-state index contributed by atoms with van der Waals surface area (Å²) in [6.07, 6.45) is 7.85. The van der Waals surface area contributed by atoms with E-state index in [-0.39, 0.29) is 16.6 Å². The third-order valence-corrected chi connectivity index (χ3v) is 6.90. The Morgan fingerprint density at radius 1 is 1.43 bits per heavy atom. The molecule has 0 saturated heterocycles. The summed E-state index contributed by atoms with van der Waals surface area (Å²) in [5.74, 6) is 0.287. The summed E-state index contributed by atoms with van der Waals surface area (Å²) < 4.78 is 0. The van der Waals surface area contributed by atoms with Crippen LogP contribution in [0.1, 0.15) is 66.7 Å². The van der Waals surface area contributed by atoms with Gasteiger partial charge >= 0.3 is 5.97 Å². The second kappa shape index (κ2) is 6.26. The van der Waals surface area contributed by atoms with E-state index in [0.29, 0.717) is 18.3 Å². The van der Waals surface area contributed by atoms with E-state index in [1.165, 1.54) is 18.1 Å². The van der Waals surface area contributed by atoms with Crippen LogP contribution in [0.3, 0.4) is 0 Å². The van der Waals surface area contributed by atoms with Gasteiger partial charge in [0.1, 0.15) is 0 Å². The van der Waals surface area contributed by atoms with Crippen molar-refractivity contribution in [1.82, 2.24) is 0 Å². The number of aliphatic carboxylic acids is 1. The number of carbonyl (C=O) groups excluding carboxylic acids is 1. The molecule has 0 radical (unpaired) electrons. The van der Waals surface area contributed by atoms with E-state index in [2.05, 4.69) is 27.7 Å². The fraction of sp³-hybridized carbons (Fsp3) is 0.700. The molecule has 0 aliphatic heterocycles. The van der Waals surface area contributed by atoms with Crippen molar-refractivity contribution in [2.75, 3.05) is 0 Å². The van der Waals surface area contributed by atoms with Crippen LogP contribution >= 0.6 is 0 Å². The monoisotopic (exact) mass is 318 g/mol. The van der Waals surface area contributed by atoms with Crippen molar-refractivity contribution in [2.45, 2.75) is 66.7 Å². The molecular weight excluding hydrogens is 288 g/mol. The van der Waals surface area contributed by atoms with Crippen LogP contribution in [0.25, 0.3) is 0 Å². The highest BCUT2D eigenvalue weighted by Gasteiger charge is 2.54. The number of fused-ring (bicyclic) bond motifs is 1. The summed E-state index contributed by atoms with van der Waals surface area (Å²) in [6, 6.07) is 0.